The minimum atomic E-state index is -0.203. The predicted molar refractivity (Wildman–Crippen MR) is 138 cm³/mol. The molecule has 3 heterocycles. The summed E-state index contributed by atoms with van der Waals surface area (Å²) < 4.78 is 4.14. The van der Waals surface area contributed by atoms with Gasteiger partial charge >= 0.3 is 0 Å². The van der Waals surface area contributed by atoms with Gasteiger partial charge in [0.25, 0.3) is 5.56 Å². The Morgan fingerprint density at radius 1 is 1.14 bits per heavy atom. The number of H-pyrrole nitrogens is 1. The molecule has 1 N–H and O–H groups in total. The van der Waals surface area contributed by atoms with E-state index in [1.54, 1.807) is 35.4 Å². The van der Waals surface area contributed by atoms with Gasteiger partial charge in [0.1, 0.15) is 11.6 Å². The molecule has 1 amide bonds. The number of aromatic nitrogens is 5. The molecule has 0 bridgehead atoms. The van der Waals surface area contributed by atoms with E-state index in [4.69, 9.17) is 0 Å². The lowest BCUT2D eigenvalue weighted by atomic mass is 10.2. The molecule has 4 rings (SSSR count). The van der Waals surface area contributed by atoms with Crippen molar-refractivity contribution in [3.8, 4) is 5.82 Å². The first kappa shape index (κ1) is 24.2. The van der Waals surface area contributed by atoms with Crippen molar-refractivity contribution in [3.63, 3.8) is 0 Å². The Kier molecular flexibility index (Phi) is 6.73. The van der Waals surface area contributed by atoms with Crippen LogP contribution in [0.25, 0.3) is 22.8 Å². The van der Waals surface area contributed by atoms with E-state index in [9.17, 15) is 9.59 Å². The van der Waals surface area contributed by atoms with E-state index in [1.165, 1.54) is 0 Å². The largest absolute Gasteiger partial charge is 0.329 e. The number of amides is 1. The van der Waals surface area contributed by atoms with Crippen LogP contribution in [0.5, 0.6) is 0 Å². The fraction of sp³-hybridized carbons (Fsp3) is 0.333. The number of aromatic amines is 1. The van der Waals surface area contributed by atoms with Crippen LogP contribution in [0.1, 0.15) is 56.5 Å². The number of nitrogens with zero attached hydrogens (tertiary/aromatic N) is 5. The van der Waals surface area contributed by atoms with Crippen molar-refractivity contribution in [2.75, 3.05) is 0 Å². The van der Waals surface area contributed by atoms with Crippen molar-refractivity contribution in [1.82, 2.24) is 29.2 Å². The highest BCUT2D eigenvalue weighted by Crippen LogP contribution is 2.23. The van der Waals surface area contributed by atoms with E-state index < -0.39 is 0 Å². The summed E-state index contributed by atoms with van der Waals surface area (Å²) in [5.41, 5.74) is 3.48. The van der Waals surface area contributed by atoms with Crippen LogP contribution in [-0.4, -0.2) is 41.2 Å². The summed E-state index contributed by atoms with van der Waals surface area (Å²) in [5.74, 6) is 1.31. The van der Waals surface area contributed by atoms with Crippen molar-refractivity contribution in [3.05, 3.63) is 81.8 Å². The highest BCUT2D eigenvalue weighted by Gasteiger charge is 2.18. The number of benzene rings is 1. The number of aryl methyl sites for hydroxylation is 1. The summed E-state index contributed by atoms with van der Waals surface area (Å²) in [7, 11) is 0. The van der Waals surface area contributed by atoms with Gasteiger partial charge in [-0.3, -0.25) is 9.59 Å². The van der Waals surface area contributed by atoms with Gasteiger partial charge in [0.15, 0.2) is 0 Å². The zero-order valence-corrected chi connectivity index (χ0v) is 21.1. The first-order valence-electron chi connectivity index (χ1n) is 11.9. The average Bonchev–Trinajstić information content (AvgIpc) is 3.39. The minimum absolute atomic E-state index is 0.0725. The third kappa shape index (κ3) is 4.82. The molecule has 0 aliphatic carbocycles. The van der Waals surface area contributed by atoms with E-state index in [-0.39, 0.29) is 30.1 Å². The van der Waals surface area contributed by atoms with Crippen LogP contribution in [0, 0.1) is 13.8 Å². The van der Waals surface area contributed by atoms with E-state index in [0.717, 1.165) is 22.8 Å². The van der Waals surface area contributed by atoms with Crippen LogP contribution in [-0.2, 0) is 11.3 Å². The highest BCUT2D eigenvalue weighted by atomic mass is 16.2. The summed E-state index contributed by atoms with van der Waals surface area (Å²) >= 11 is 0. The summed E-state index contributed by atoms with van der Waals surface area (Å²) in [4.78, 5) is 34.7. The van der Waals surface area contributed by atoms with Crippen molar-refractivity contribution in [2.24, 2.45) is 0 Å². The van der Waals surface area contributed by atoms with Gasteiger partial charge in [-0.25, -0.2) is 9.67 Å². The Balaban J connectivity index is 1.59. The molecule has 0 radical (unpaired) electrons. The zero-order valence-electron chi connectivity index (χ0n) is 21.1. The smallest absolute Gasteiger partial charge is 0.258 e. The second-order valence-electron chi connectivity index (χ2n) is 9.31. The lowest BCUT2D eigenvalue weighted by Crippen LogP contribution is -2.36. The van der Waals surface area contributed by atoms with Gasteiger partial charge in [-0.1, -0.05) is 12.1 Å². The molecule has 4 aromatic rings. The first-order valence-corrected chi connectivity index (χ1v) is 11.9. The molecule has 8 nitrogen and oxygen atoms in total. The molecule has 0 atom stereocenters. The van der Waals surface area contributed by atoms with Gasteiger partial charge in [-0.15, -0.1) is 0 Å². The Morgan fingerprint density at radius 2 is 1.89 bits per heavy atom. The summed E-state index contributed by atoms with van der Waals surface area (Å²) in [6.07, 6.45) is 5.24. The standard InChI is InChI=1S/C27H32N6O2/c1-17(2)31(16-24-29-23-10-8-7-9-22(23)27(35)30-24)26(34)12-11-21-15-19(5)32(20(21)6)25-13-14-28-33(25)18(3)4/h7-15,17-18H,16H2,1-6H3,(H,29,30,35)/b12-11+. The van der Waals surface area contributed by atoms with Crippen molar-refractivity contribution in [2.45, 2.75) is 60.2 Å². The molecule has 1 aromatic carbocycles. The predicted octanol–water partition coefficient (Wildman–Crippen LogP) is 4.56. The van der Waals surface area contributed by atoms with Gasteiger partial charge in [-0.05, 0) is 71.4 Å². The second-order valence-corrected chi connectivity index (χ2v) is 9.31. The number of para-hydroxylation sites is 1. The first-order chi connectivity index (χ1) is 16.7. The Bertz CT molecular complexity index is 1450. The third-order valence-corrected chi connectivity index (χ3v) is 6.13. The molecule has 35 heavy (non-hydrogen) atoms. The summed E-state index contributed by atoms with van der Waals surface area (Å²) in [6.45, 7) is 12.4. The van der Waals surface area contributed by atoms with Gasteiger partial charge in [-0.2, -0.15) is 5.10 Å². The van der Waals surface area contributed by atoms with Crippen LogP contribution in [0.3, 0.4) is 0 Å². The number of rotatable bonds is 7. The lowest BCUT2D eigenvalue weighted by Gasteiger charge is -2.25. The van der Waals surface area contributed by atoms with Crippen LogP contribution in [0.15, 0.2) is 53.5 Å². The Labute approximate surface area is 204 Å². The molecular formula is C27H32N6O2. The molecule has 0 fully saturated rings. The van der Waals surface area contributed by atoms with E-state index >= 15 is 0 Å². The molecule has 0 aliphatic rings. The average molecular weight is 473 g/mol. The van der Waals surface area contributed by atoms with Crippen LogP contribution < -0.4 is 5.56 Å². The Morgan fingerprint density at radius 3 is 2.60 bits per heavy atom. The number of carbonyl (C=O) groups is 1. The molecule has 182 valence electrons. The maximum Gasteiger partial charge on any atom is 0.258 e. The number of fused-ring (bicyclic) bond motifs is 1. The van der Waals surface area contributed by atoms with Crippen LogP contribution in [0.4, 0.5) is 0 Å². The molecule has 0 aliphatic heterocycles. The topological polar surface area (TPSA) is 88.8 Å². The van der Waals surface area contributed by atoms with Crippen molar-refractivity contribution >= 4 is 22.9 Å². The SMILES string of the molecule is Cc1cc(/C=C/C(=O)N(Cc2nc3ccccc3c(=O)[nH]2)C(C)C)c(C)n1-c1ccnn1C(C)C. The number of carbonyl (C=O) groups excluding carboxylic acids is 1. The Hall–Kier alpha value is -3.94. The maximum absolute atomic E-state index is 13.2. The zero-order chi connectivity index (χ0) is 25.3. The minimum Gasteiger partial charge on any atom is -0.329 e. The summed E-state index contributed by atoms with van der Waals surface area (Å²) in [5, 5.41) is 4.99. The molecule has 8 heteroatoms. The normalized spacial score (nSPS) is 11.9. The number of nitrogens with one attached hydrogen (secondary N) is 1. The van der Waals surface area contributed by atoms with Crippen molar-refractivity contribution in [1.29, 1.82) is 0 Å². The maximum atomic E-state index is 13.2. The van der Waals surface area contributed by atoms with Gasteiger partial charge < -0.3 is 14.5 Å². The quantitative estimate of drug-likeness (QED) is 0.400. The van der Waals surface area contributed by atoms with Gasteiger partial charge in [0, 0.05) is 35.6 Å². The molecule has 0 unspecified atom stereocenters. The molecular weight excluding hydrogens is 440 g/mol. The van der Waals surface area contributed by atoms with Crippen LogP contribution in [0.2, 0.25) is 0 Å². The van der Waals surface area contributed by atoms with Crippen LogP contribution >= 0.6 is 0 Å². The monoisotopic (exact) mass is 472 g/mol. The van der Waals surface area contributed by atoms with E-state index in [0.29, 0.717) is 16.7 Å². The fourth-order valence-corrected chi connectivity index (χ4v) is 4.33. The van der Waals surface area contributed by atoms with Gasteiger partial charge in [0.05, 0.1) is 23.6 Å². The fourth-order valence-electron chi connectivity index (χ4n) is 4.33. The van der Waals surface area contributed by atoms with E-state index in [2.05, 4.69) is 39.5 Å². The molecule has 0 saturated carbocycles. The van der Waals surface area contributed by atoms with Gasteiger partial charge in [0.2, 0.25) is 5.91 Å². The molecule has 0 saturated heterocycles. The number of hydrogen-bond acceptors (Lipinski definition) is 4. The molecule has 0 spiro atoms. The molecule has 3 aromatic heterocycles. The lowest BCUT2D eigenvalue weighted by molar-refractivity contribution is -0.128. The second kappa shape index (κ2) is 9.74. The summed E-state index contributed by atoms with van der Waals surface area (Å²) in [6, 6.07) is 11.4. The number of hydrogen-bond donors (Lipinski definition) is 1. The highest BCUT2D eigenvalue weighted by molar-refractivity contribution is 5.92. The van der Waals surface area contributed by atoms with E-state index in [1.807, 2.05) is 50.6 Å². The van der Waals surface area contributed by atoms with Crippen molar-refractivity contribution < 1.29 is 4.79 Å². The third-order valence-electron chi connectivity index (χ3n) is 6.13.